The van der Waals surface area contributed by atoms with Crippen molar-refractivity contribution in [2.45, 2.75) is 32.1 Å². The standard InChI is InChI=1S/C9H14N2/c1-6-3-4-8-9(5-6)11-7(2)10-8/h3-5,7-11H,1-2H3. The SMILES string of the molecule is CC1=CC2NC(C)NC2C=C1. The smallest absolute Gasteiger partial charge is 0.0552 e. The first-order valence-corrected chi connectivity index (χ1v) is 4.14. The molecule has 0 spiro atoms. The molecular formula is C9H14N2. The maximum atomic E-state index is 3.45. The average molecular weight is 150 g/mol. The number of rotatable bonds is 0. The minimum atomic E-state index is 0.441. The van der Waals surface area contributed by atoms with E-state index in [1.807, 2.05) is 0 Å². The summed E-state index contributed by atoms with van der Waals surface area (Å²) >= 11 is 0. The molecule has 11 heavy (non-hydrogen) atoms. The molecule has 3 unspecified atom stereocenters. The van der Waals surface area contributed by atoms with Crippen LogP contribution in [0.4, 0.5) is 0 Å². The lowest BCUT2D eigenvalue weighted by molar-refractivity contribution is 0.585. The Bertz CT molecular complexity index is 218. The van der Waals surface area contributed by atoms with Crippen LogP contribution in [0.1, 0.15) is 13.8 Å². The monoisotopic (exact) mass is 150 g/mol. The van der Waals surface area contributed by atoms with Crippen LogP contribution in [-0.4, -0.2) is 18.2 Å². The third-order valence-corrected chi connectivity index (χ3v) is 2.28. The van der Waals surface area contributed by atoms with E-state index in [9.17, 15) is 0 Å². The number of fused-ring (bicyclic) bond motifs is 1. The van der Waals surface area contributed by atoms with E-state index in [4.69, 9.17) is 0 Å². The quantitative estimate of drug-likeness (QED) is 0.533. The van der Waals surface area contributed by atoms with Gasteiger partial charge in [-0.1, -0.05) is 23.8 Å². The molecule has 0 aromatic rings. The zero-order valence-electron chi connectivity index (χ0n) is 6.96. The van der Waals surface area contributed by atoms with Crippen molar-refractivity contribution >= 4 is 0 Å². The molecule has 0 bridgehead atoms. The van der Waals surface area contributed by atoms with Crippen molar-refractivity contribution in [1.82, 2.24) is 10.6 Å². The molecular weight excluding hydrogens is 136 g/mol. The van der Waals surface area contributed by atoms with Crippen molar-refractivity contribution in [1.29, 1.82) is 0 Å². The second-order valence-corrected chi connectivity index (χ2v) is 3.38. The van der Waals surface area contributed by atoms with Gasteiger partial charge in [0.25, 0.3) is 0 Å². The van der Waals surface area contributed by atoms with Gasteiger partial charge in [0.15, 0.2) is 0 Å². The van der Waals surface area contributed by atoms with Crippen molar-refractivity contribution in [2.75, 3.05) is 0 Å². The second kappa shape index (κ2) is 2.47. The first kappa shape index (κ1) is 7.07. The highest BCUT2D eigenvalue weighted by molar-refractivity contribution is 5.29. The van der Waals surface area contributed by atoms with Gasteiger partial charge in [0.05, 0.1) is 6.17 Å². The Hall–Kier alpha value is -0.600. The molecule has 0 aromatic carbocycles. The van der Waals surface area contributed by atoms with E-state index in [0.29, 0.717) is 18.2 Å². The summed E-state index contributed by atoms with van der Waals surface area (Å²) < 4.78 is 0. The lowest BCUT2D eigenvalue weighted by Crippen LogP contribution is -2.31. The summed E-state index contributed by atoms with van der Waals surface area (Å²) in [6.45, 7) is 4.28. The van der Waals surface area contributed by atoms with E-state index >= 15 is 0 Å². The predicted octanol–water partition coefficient (Wildman–Crippen LogP) is 0.779. The van der Waals surface area contributed by atoms with Crippen molar-refractivity contribution in [3.8, 4) is 0 Å². The zero-order chi connectivity index (χ0) is 7.84. The van der Waals surface area contributed by atoms with Crippen LogP contribution in [0.2, 0.25) is 0 Å². The van der Waals surface area contributed by atoms with Crippen LogP contribution in [0, 0.1) is 0 Å². The molecule has 0 aromatic heterocycles. The van der Waals surface area contributed by atoms with Crippen molar-refractivity contribution < 1.29 is 0 Å². The van der Waals surface area contributed by atoms with Gasteiger partial charge in [-0.25, -0.2) is 0 Å². The van der Waals surface area contributed by atoms with Crippen molar-refractivity contribution in [3.63, 3.8) is 0 Å². The molecule has 1 aliphatic carbocycles. The van der Waals surface area contributed by atoms with Gasteiger partial charge >= 0.3 is 0 Å². The van der Waals surface area contributed by atoms with Gasteiger partial charge in [-0.3, -0.25) is 10.6 Å². The van der Waals surface area contributed by atoms with E-state index in [1.54, 1.807) is 0 Å². The highest BCUT2D eigenvalue weighted by atomic mass is 15.2. The van der Waals surface area contributed by atoms with Crippen molar-refractivity contribution in [2.24, 2.45) is 0 Å². The third-order valence-electron chi connectivity index (χ3n) is 2.28. The molecule has 2 heteroatoms. The Morgan fingerprint density at radius 1 is 1.27 bits per heavy atom. The molecule has 2 N–H and O–H groups in total. The first-order chi connectivity index (χ1) is 5.25. The summed E-state index contributed by atoms with van der Waals surface area (Å²) in [6, 6.07) is 1.02. The van der Waals surface area contributed by atoms with Crippen LogP contribution in [-0.2, 0) is 0 Å². The fourth-order valence-corrected chi connectivity index (χ4v) is 1.75. The summed E-state index contributed by atoms with van der Waals surface area (Å²) in [5.74, 6) is 0. The highest BCUT2D eigenvalue weighted by Gasteiger charge is 2.28. The Kier molecular flexibility index (Phi) is 1.59. The Balaban J connectivity index is 2.17. The summed E-state index contributed by atoms with van der Waals surface area (Å²) in [4.78, 5) is 0. The van der Waals surface area contributed by atoms with E-state index in [1.165, 1.54) is 5.57 Å². The molecule has 0 radical (unpaired) electrons. The Morgan fingerprint density at radius 3 is 2.82 bits per heavy atom. The normalized spacial score (nSPS) is 42.0. The number of hydrogen-bond donors (Lipinski definition) is 2. The molecule has 1 saturated heterocycles. The van der Waals surface area contributed by atoms with E-state index in [-0.39, 0.29) is 0 Å². The van der Waals surface area contributed by atoms with Crippen LogP contribution in [0.25, 0.3) is 0 Å². The molecule has 0 saturated carbocycles. The summed E-state index contributed by atoms with van der Waals surface area (Å²) in [7, 11) is 0. The molecule has 3 atom stereocenters. The van der Waals surface area contributed by atoms with Gasteiger partial charge in [0.2, 0.25) is 0 Å². The third kappa shape index (κ3) is 1.24. The van der Waals surface area contributed by atoms with Gasteiger partial charge in [-0.2, -0.15) is 0 Å². The molecule has 1 aliphatic heterocycles. The minimum absolute atomic E-state index is 0.441. The molecule has 60 valence electrons. The topological polar surface area (TPSA) is 24.1 Å². The number of allylic oxidation sites excluding steroid dienone is 2. The van der Waals surface area contributed by atoms with E-state index < -0.39 is 0 Å². The fraction of sp³-hybridized carbons (Fsp3) is 0.556. The molecule has 2 nitrogen and oxygen atoms in total. The largest absolute Gasteiger partial charge is 0.294 e. The zero-order valence-corrected chi connectivity index (χ0v) is 6.96. The molecule has 1 heterocycles. The molecule has 0 amide bonds. The van der Waals surface area contributed by atoms with Crippen LogP contribution >= 0.6 is 0 Å². The highest BCUT2D eigenvalue weighted by Crippen LogP contribution is 2.15. The Labute approximate surface area is 67.4 Å². The predicted molar refractivity (Wildman–Crippen MR) is 46.2 cm³/mol. The van der Waals surface area contributed by atoms with E-state index in [2.05, 4.69) is 42.7 Å². The van der Waals surface area contributed by atoms with Gasteiger partial charge < -0.3 is 0 Å². The van der Waals surface area contributed by atoms with Gasteiger partial charge in [-0.05, 0) is 13.8 Å². The van der Waals surface area contributed by atoms with Gasteiger partial charge in [0, 0.05) is 12.1 Å². The van der Waals surface area contributed by atoms with Gasteiger partial charge in [0.1, 0.15) is 0 Å². The number of hydrogen-bond acceptors (Lipinski definition) is 2. The fourth-order valence-electron chi connectivity index (χ4n) is 1.75. The first-order valence-electron chi connectivity index (χ1n) is 4.14. The van der Waals surface area contributed by atoms with Crippen molar-refractivity contribution in [3.05, 3.63) is 23.8 Å². The molecule has 2 aliphatic rings. The van der Waals surface area contributed by atoms with E-state index in [0.717, 1.165) is 0 Å². The van der Waals surface area contributed by atoms with Crippen LogP contribution in [0.15, 0.2) is 23.8 Å². The number of nitrogens with one attached hydrogen (secondary N) is 2. The summed E-state index contributed by atoms with van der Waals surface area (Å²) in [5, 5.41) is 6.88. The van der Waals surface area contributed by atoms with Crippen LogP contribution in [0.5, 0.6) is 0 Å². The maximum absolute atomic E-state index is 3.45. The molecule has 1 fully saturated rings. The summed E-state index contributed by atoms with van der Waals surface area (Å²) in [6.07, 6.45) is 7.13. The minimum Gasteiger partial charge on any atom is -0.294 e. The maximum Gasteiger partial charge on any atom is 0.0552 e. The molecule has 2 rings (SSSR count). The average Bonchev–Trinajstić information content (AvgIpc) is 2.27. The lowest BCUT2D eigenvalue weighted by Gasteiger charge is -2.16. The second-order valence-electron chi connectivity index (χ2n) is 3.38. The lowest BCUT2D eigenvalue weighted by atomic mass is 10.0. The van der Waals surface area contributed by atoms with Crippen LogP contribution < -0.4 is 10.6 Å². The Morgan fingerprint density at radius 2 is 2.00 bits per heavy atom. The van der Waals surface area contributed by atoms with Crippen LogP contribution in [0.3, 0.4) is 0 Å². The summed E-state index contributed by atoms with van der Waals surface area (Å²) in [5.41, 5.74) is 1.36. The van der Waals surface area contributed by atoms with Gasteiger partial charge in [-0.15, -0.1) is 0 Å².